The van der Waals surface area contributed by atoms with Crippen LogP contribution in [0, 0.1) is 0 Å². The lowest BCUT2D eigenvalue weighted by molar-refractivity contribution is -0.0363. The number of anilines is 1. The summed E-state index contributed by atoms with van der Waals surface area (Å²) in [5.74, 6) is 0.654. The molecule has 3 heterocycles. The van der Waals surface area contributed by atoms with E-state index in [9.17, 15) is 4.79 Å². The van der Waals surface area contributed by atoms with Crippen molar-refractivity contribution in [3.05, 3.63) is 95.0 Å². The molecule has 38 heavy (non-hydrogen) atoms. The standard InChI is InChI=1S/C31H34N4O3/c36-31-29-20-28(37-21-23-4-2-1-3-5-23)10-11-30(29)33-22-35(31)25-8-6-24(7-9-25)34-18-14-27(15-19-34)38-26-12-16-32-17-13-26/h1-11,20,22,26-27,32H,12-19,21H2. The molecular formula is C31H34N4O3. The van der Waals surface area contributed by atoms with Gasteiger partial charge in [-0.05, 0) is 86.8 Å². The SMILES string of the molecule is O=c1c2cc(OCc3ccccc3)ccc2ncn1-c1ccc(N2CCC(OC3CCNCC3)CC2)cc1. The molecule has 0 aliphatic carbocycles. The number of ether oxygens (including phenoxy) is 2. The summed E-state index contributed by atoms with van der Waals surface area (Å²) in [5, 5.41) is 3.94. The molecule has 0 spiro atoms. The van der Waals surface area contributed by atoms with E-state index in [1.165, 1.54) is 5.69 Å². The summed E-state index contributed by atoms with van der Waals surface area (Å²) in [5.41, 5.74) is 3.60. The van der Waals surface area contributed by atoms with Gasteiger partial charge >= 0.3 is 0 Å². The van der Waals surface area contributed by atoms with Crippen LogP contribution in [0.25, 0.3) is 16.6 Å². The van der Waals surface area contributed by atoms with Crippen LogP contribution in [-0.4, -0.2) is 47.9 Å². The molecule has 6 rings (SSSR count). The Labute approximate surface area is 223 Å². The number of nitrogens with one attached hydrogen (secondary N) is 1. The molecule has 0 radical (unpaired) electrons. The van der Waals surface area contributed by atoms with E-state index in [1.807, 2.05) is 54.6 Å². The Morgan fingerprint density at radius 1 is 0.842 bits per heavy atom. The highest BCUT2D eigenvalue weighted by Gasteiger charge is 2.24. The first-order valence-corrected chi connectivity index (χ1v) is 13.6. The Bertz CT molecular complexity index is 1410. The zero-order valence-corrected chi connectivity index (χ0v) is 21.6. The van der Waals surface area contributed by atoms with Crippen molar-refractivity contribution in [1.29, 1.82) is 0 Å². The van der Waals surface area contributed by atoms with E-state index in [4.69, 9.17) is 9.47 Å². The number of piperidine rings is 2. The minimum Gasteiger partial charge on any atom is -0.489 e. The normalized spacial score (nSPS) is 17.1. The van der Waals surface area contributed by atoms with Gasteiger partial charge in [-0.2, -0.15) is 0 Å². The summed E-state index contributed by atoms with van der Waals surface area (Å²) < 4.78 is 13.9. The number of hydrogen-bond acceptors (Lipinski definition) is 6. The molecule has 4 aromatic rings. The Hall–Kier alpha value is -3.68. The number of aromatic nitrogens is 2. The van der Waals surface area contributed by atoms with Crippen molar-refractivity contribution in [2.45, 2.75) is 44.5 Å². The minimum absolute atomic E-state index is 0.108. The third-order valence-corrected chi connectivity index (χ3v) is 7.58. The molecule has 2 saturated heterocycles. The molecule has 0 unspecified atom stereocenters. The van der Waals surface area contributed by atoms with Gasteiger partial charge in [-0.25, -0.2) is 4.98 Å². The van der Waals surface area contributed by atoms with Crippen molar-refractivity contribution in [3.63, 3.8) is 0 Å². The van der Waals surface area contributed by atoms with Gasteiger partial charge in [-0.1, -0.05) is 30.3 Å². The number of rotatable bonds is 7. The van der Waals surface area contributed by atoms with Gasteiger partial charge in [0.25, 0.3) is 5.56 Å². The van der Waals surface area contributed by atoms with E-state index in [0.29, 0.717) is 35.5 Å². The minimum atomic E-state index is -0.108. The first kappa shape index (κ1) is 24.6. The van der Waals surface area contributed by atoms with Crippen LogP contribution < -0.4 is 20.5 Å². The van der Waals surface area contributed by atoms with Crippen LogP contribution in [0.15, 0.2) is 83.9 Å². The molecule has 0 saturated carbocycles. The van der Waals surface area contributed by atoms with Gasteiger partial charge < -0.3 is 19.7 Å². The maximum absolute atomic E-state index is 13.4. The molecule has 2 aliphatic rings. The quantitative estimate of drug-likeness (QED) is 0.389. The Kier molecular flexibility index (Phi) is 7.38. The number of nitrogens with zero attached hydrogens (tertiary/aromatic N) is 3. The molecule has 196 valence electrons. The van der Waals surface area contributed by atoms with Crippen molar-refractivity contribution < 1.29 is 9.47 Å². The lowest BCUT2D eigenvalue weighted by atomic mass is 10.0. The van der Waals surface area contributed by atoms with Crippen molar-refractivity contribution in [2.75, 3.05) is 31.1 Å². The molecule has 7 heteroatoms. The van der Waals surface area contributed by atoms with Crippen molar-refractivity contribution >= 4 is 16.6 Å². The van der Waals surface area contributed by atoms with Crippen molar-refractivity contribution in [3.8, 4) is 11.4 Å². The van der Waals surface area contributed by atoms with E-state index in [1.54, 1.807) is 17.0 Å². The van der Waals surface area contributed by atoms with Gasteiger partial charge in [0, 0.05) is 18.8 Å². The number of fused-ring (bicyclic) bond motifs is 1. The first-order valence-electron chi connectivity index (χ1n) is 13.6. The zero-order chi connectivity index (χ0) is 25.7. The van der Waals surface area contributed by atoms with Crippen LogP contribution in [0.2, 0.25) is 0 Å². The molecule has 0 amide bonds. The Morgan fingerprint density at radius 3 is 2.32 bits per heavy atom. The fourth-order valence-corrected chi connectivity index (χ4v) is 5.39. The van der Waals surface area contributed by atoms with E-state index in [2.05, 4.69) is 27.3 Å². The van der Waals surface area contributed by atoms with Gasteiger partial charge in [0.05, 0.1) is 28.8 Å². The summed E-state index contributed by atoms with van der Waals surface area (Å²) in [6.07, 6.45) is 6.71. The highest BCUT2D eigenvalue weighted by atomic mass is 16.5. The van der Waals surface area contributed by atoms with Crippen molar-refractivity contribution in [2.24, 2.45) is 0 Å². The lowest BCUT2D eigenvalue weighted by Gasteiger charge is -2.36. The predicted octanol–water partition coefficient (Wildman–Crippen LogP) is 4.70. The first-order chi connectivity index (χ1) is 18.7. The van der Waals surface area contributed by atoms with Gasteiger partial charge in [0.1, 0.15) is 18.7 Å². The molecule has 7 nitrogen and oxygen atoms in total. The van der Waals surface area contributed by atoms with Crippen LogP contribution in [0.5, 0.6) is 5.75 Å². The molecule has 0 atom stereocenters. The Balaban J connectivity index is 1.12. The average molecular weight is 511 g/mol. The van der Waals surface area contributed by atoms with Crippen LogP contribution in [0.4, 0.5) is 5.69 Å². The largest absolute Gasteiger partial charge is 0.489 e. The summed E-state index contributed by atoms with van der Waals surface area (Å²) in [4.78, 5) is 20.3. The van der Waals surface area contributed by atoms with Gasteiger partial charge in [-0.3, -0.25) is 9.36 Å². The number of benzene rings is 3. The third kappa shape index (κ3) is 5.59. The third-order valence-electron chi connectivity index (χ3n) is 7.58. The fourth-order valence-electron chi connectivity index (χ4n) is 5.39. The fraction of sp³-hybridized carbons (Fsp3) is 0.355. The van der Waals surface area contributed by atoms with Gasteiger partial charge in [-0.15, -0.1) is 0 Å². The predicted molar refractivity (Wildman–Crippen MR) is 150 cm³/mol. The highest BCUT2D eigenvalue weighted by molar-refractivity contribution is 5.79. The average Bonchev–Trinajstić information content (AvgIpc) is 2.98. The molecule has 2 aliphatic heterocycles. The van der Waals surface area contributed by atoms with E-state index in [-0.39, 0.29) is 5.56 Å². The van der Waals surface area contributed by atoms with E-state index >= 15 is 0 Å². The summed E-state index contributed by atoms with van der Waals surface area (Å²) in [7, 11) is 0. The zero-order valence-electron chi connectivity index (χ0n) is 21.6. The molecule has 2 fully saturated rings. The van der Waals surface area contributed by atoms with Crippen LogP contribution >= 0.6 is 0 Å². The van der Waals surface area contributed by atoms with Gasteiger partial charge in [0.2, 0.25) is 0 Å². The van der Waals surface area contributed by atoms with E-state index < -0.39 is 0 Å². The topological polar surface area (TPSA) is 68.6 Å². The monoisotopic (exact) mass is 510 g/mol. The highest BCUT2D eigenvalue weighted by Crippen LogP contribution is 2.25. The van der Waals surface area contributed by atoms with Crippen LogP contribution in [0.3, 0.4) is 0 Å². The van der Waals surface area contributed by atoms with Crippen LogP contribution in [0.1, 0.15) is 31.2 Å². The van der Waals surface area contributed by atoms with Gasteiger partial charge in [0.15, 0.2) is 0 Å². The Morgan fingerprint density at radius 2 is 1.55 bits per heavy atom. The molecule has 1 aromatic heterocycles. The molecule has 3 aromatic carbocycles. The molecular weight excluding hydrogens is 476 g/mol. The maximum atomic E-state index is 13.4. The van der Waals surface area contributed by atoms with Crippen molar-refractivity contribution in [1.82, 2.24) is 14.9 Å². The molecule has 1 N–H and O–H groups in total. The van der Waals surface area contributed by atoms with E-state index in [0.717, 1.165) is 63.1 Å². The van der Waals surface area contributed by atoms with Crippen LogP contribution in [-0.2, 0) is 11.3 Å². The molecule has 0 bridgehead atoms. The summed E-state index contributed by atoms with van der Waals surface area (Å²) >= 11 is 0. The summed E-state index contributed by atoms with van der Waals surface area (Å²) in [6, 6.07) is 23.7. The lowest BCUT2D eigenvalue weighted by Crippen LogP contribution is -2.40. The summed E-state index contributed by atoms with van der Waals surface area (Å²) in [6.45, 7) is 4.55. The second kappa shape index (κ2) is 11.4. The maximum Gasteiger partial charge on any atom is 0.265 e. The number of hydrogen-bond donors (Lipinski definition) is 1. The second-order valence-electron chi connectivity index (χ2n) is 10.2. The second-order valence-corrected chi connectivity index (χ2v) is 10.2. The smallest absolute Gasteiger partial charge is 0.265 e.